The lowest BCUT2D eigenvalue weighted by Crippen LogP contribution is -2.65. The topological polar surface area (TPSA) is 47.5 Å². The highest BCUT2D eigenvalue weighted by Gasteiger charge is 2.47. The summed E-state index contributed by atoms with van der Waals surface area (Å²) in [7, 11) is 0. The molecule has 5 nitrogen and oxygen atoms in total. The number of benzene rings is 3. The fourth-order valence-corrected chi connectivity index (χ4v) is 6.42. The van der Waals surface area contributed by atoms with Gasteiger partial charge in [-0.25, -0.2) is 0 Å². The van der Waals surface area contributed by atoms with Crippen LogP contribution in [0.15, 0.2) is 115 Å². The molecular weight excluding hydrogens is 470 g/mol. The fourth-order valence-electron chi connectivity index (χ4n) is 4.61. The molecule has 35 heavy (non-hydrogen) atoms. The van der Waals surface area contributed by atoms with Crippen molar-refractivity contribution in [3.63, 3.8) is 0 Å². The highest BCUT2D eigenvalue weighted by atomic mass is 32.1. The van der Waals surface area contributed by atoms with E-state index in [1.165, 1.54) is 9.75 Å². The van der Waals surface area contributed by atoms with Crippen molar-refractivity contribution in [1.29, 1.82) is 0 Å². The molecule has 0 aliphatic rings. The zero-order valence-electron chi connectivity index (χ0n) is 19.0. The van der Waals surface area contributed by atoms with Crippen LogP contribution in [-0.2, 0) is 5.54 Å². The lowest BCUT2D eigenvalue weighted by molar-refractivity contribution is -0.853. The van der Waals surface area contributed by atoms with Crippen LogP contribution in [0.4, 0.5) is 0 Å². The Morgan fingerprint density at radius 3 is 1.80 bits per heavy atom. The lowest BCUT2D eigenvalue weighted by Gasteiger charge is -2.31. The Labute approximate surface area is 211 Å². The summed E-state index contributed by atoms with van der Waals surface area (Å²) in [6, 6.07) is 37.8. The number of nitrogens with zero attached hydrogens (tertiary/aromatic N) is 5. The van der Waals surface area contributed by atoms with Crippen LogP contribution in [0.1, 0.15) is 21.6 Å². The highest BCUT2D eigenvalue weighted by Crippen LogP contribution is 2.38. The Morgan fingerprint density at radius 1 is 0.714 bits per heavy atom. The van der Waals surface area contributed by atoms with Gasteiger partial charge in [0.1, 0.15) is 5.21 Å². The number of hydrogen-bond acceptors (Lipinski definition) is 5. The van der Waals surface area contributed by atoms with E-state index in [4.69, 9.17) is 0 Å². The van der Waals surface area contributed by atoms with Gasteiger partial charge in [0.2, 0.25) is 16.0 Å². The van der Waals surface area contributed by atoms with Crippen LogP contribution in [0.2, 0.25) is 0 Å². The molecule has 3 heterocycles. The average Bonchev–Trinajstić information content (AvgIpc) is 3.67. The first kappa shape index (κ1) is 21.6. The molecule has 0 spiro atoms. The second-order valence-corrected chi connectivity index (χ2v) is 10.4. The molecule has 0 N–H and O–H groups in total. The third kappa shape index (κ3) is 3.60. The molecule has 0 unspecified atom stereocenters. The molecule has 0 aliphatic carbocycles. The normalized spacial score (nSPS) is 11.6. The second kappa shape index (κ2) is 9.02. The van der Waals surface area contributed by atoms with Crippen molar-refractivity contribution in [2.45, 2.75) is 12.5 Å². The van der Waals surface area contributed by atoms with Gasteiger partial charge < -0.3 is 0 Å². The van der Waals surface area contributed by atoms with Gasteiger partial charge >= 0.3 is 0 Å². The smallest absolute Gasteiger partial charge is 0.141 e. The third-order valence-electron chi connectivity index (χ3n) is 6.14. The van der Waals surface area contributed by atoms with Gasteiger partial charge in [0.05, 0.1) is 0 Å². The van der Waals surface area contributed by atoms with E-state index in [0.717, 1.165) is 27.3 Å². The summed E-state index contributed by atoms with van der Waals surface area (Å²) in [5, 5.41) is 16.4. The Morgan fingerprint density at radius 2 is 1.29 bits per heavy atom. The van der Waals surface area contributed by atoms with E-state index in [-0.39, 0.29) is 0 Å². The van der Waals surface area contributed by atoms with Crippen molar-refractivity contribution in [2.24, 2.45) is 0 Å². The molecule has 6 aromatic rings. The van der Waals surface area contributed by atoms with E-state index in [2.05, 4.69) is 119 Å². The summed E-state index contributed by atoms with van der Waals surface area (Å²) in [4.78, 5) is 6.24. The quantitative estimate of drug-likeness (QED) is 0.215. The minimum absolute atomic E-state index is 0.792. The van der Waals surface area contributed by atoms with Crippen LogP contribution < -0.4 is 4.80 Å². The number of thiophene rings is 2. The van der Waals surface area contributed by atoms with E-state index >= 15 is 0 Å². The van der Waals surface area contributed by atoms with E-state index in [0.29, 0.717) is 0 Å². The van der Waals surface area contributed by atoms with Gasteiger partial charge in [0, 0.05) is 36.8 Å². The summed E-state index contributed by atoms with van der Waals surface area (Å²) in [6.07, 6.45) is 0. The van der Waals surface area contributed by atoms with Crippen molar-refractivity contribution >= 4 is 22.7 Å². The predicted octanol–water partition coefficient (Wildman–Crippen LogP) is 5.89. The van der Waals surface area contributed by atoms with Crippen molar-refractivity contribution in [2.75, 3.05) is 0 Å². The summed E-state index contributed by atoms with van der Waals surface area (Å²) < 4.78 is 0. The Hall–Kier alpha value is -3.94. The zero-order valence-corrected chi connectivity index (χ0v) is 20.7. The molecule has 0 saturated carbocycles. The molecule has 0 amide bonds. The molecule has 3 aromatic carbocycles. The third-order valence-corrected chi connectivity index (χ3v) is 8.05. The summed E-state index contributed by atoms with van der Waals surface area (Å²) in [5.41, 5.74) is 3.55. The number of rotatable bonds is 6. The Bertz CT molecular complexity index is 1460. The van der Waals surface area contributed by atoms with Gasteiger partial charge in [-0.1, -0.05) is 91.0 Å². The predicted molar refractivity (Wildman–Crippen MR) is 140 cm³/mol. The van der Waals surface area contributed by atoms with Crippen LogP contribution >= 0.6 is 22.7 Å². The molecule has 7 heteroatoms. The van der Waals surface area contributed by atoms with Gasteiger partial charge in [-0.3, -0.25) is 0 Å². The number of aromatic nitrogens is 5. The molecule has 0 atom stereocenters. The first-order valence-corrected chi connectivity index (χ1v) is 13.0. The molecule has 170 valence electrons. The van der Waals surface area contributed by atoms with E-state index < -0.39 is 5.54 Å². The maximum Gasteiger partial charge on any atom is 0.231 e. The second-order valence-electron chi connectivity index (χ2n) is 8.21. The van der Waals surface area contributed by atoms with Crippen LogP contribution in [0.25, 0.3) is 15.4 Å². The minimum Gasteiger partial charge on any atom is -0.141 e. The number of aryl methyl sites for hydroxylation is 1. The van der Waals surface area contributed by atoms with Crippen LogP contribution in [0.5, 0.6) is 0 Å². The Kier molecular flexibility index (Phi) is 5.56. The molecule has 3 aromatic heterocycles. The van der Waals surface area contributed by atoms with Gasteiger partial charge in [-0.2, -0.15) is 0 Å². The average molecular weight is 493 g/mol. The maximum atomic E-state index is 4.64. The van der Waals surface area contributed by atoms with Crippen molar-refractivity contribution in [3.05, 3.63) is 136 Å². The van der Waals surface area contributed by atoms with Crippen molar-refractivity contribution in [1.82, 2.24) is 20.4 Å². The zero-order chi connectivity index (χ0) is 23.7. The Balaban J connectivity index is 1.68. The minimum atomic E-state index is -0.792. The number of hydrogen-bond donors (Lipinski definition) is 0. The highest BCUT2D eigenvalue weighted by molar-refractivity contribution is 7.17. The standard InChI is InChI=1S/C28H22N5S2/c1-21-17-18-26(35-21)25-19-20-34-27(25)32-30-29-31-33(32)28(22-11-5-2-6-12-22,23-13-7-3-8-14-23)24-15-9-4-10-16-24/h2-20H,1H3/q+1. The molecule has 0 bridgehead atoms. The van der Waals surface area contributed by atoms with Crippen LogP contribution in [-0.4, -0.2) is 20.4 Å². The molecule has 0 radical (unpaired) electrons. The van der Waals surface area contributed by atoms with E-state index in [1.807, 2.05) is 27.8 Å². The van der Waals surface area contributed by atoms with Crippen molar-refractivity contribution in [3.8, 4) is 15.4 Å². The van der Waals surface area contributed by atoms with E-state index in [1.54, 1.807) is 22.7 Å². The summed E-state index contributed by atoms with van der Waals surface area (Å²) in [6.45, 7) is 2.13. The first-order valence-electron chi connectivity index (χ1n) is 11.3. The molecule has 0 fully saturated rings. The van der Waals surface area contributed by atoms with Gasteiger partial charge in [0.25, 0.3) is 0 Å². The van der Waals surface area contributed by atoms with Gasteiger partial charge in [0.15, 0.2) is 5.00 Å². The summed E-state index contributed by atoms with van der Waals surface area (Å²) in [5.74, 6) is 0. The molecule has 0 saturated heterocycles. The molecule has 0 aliphatic heterocycles. The first-order chi connectivity index (χ1) is 17.3. The SMILES string of the molecule is Cc1ccc(-c2ccsc2-n2nnn[n+]2C(c2ccccc2)(c2ccccc2)c2ccccc2)s1. The van der Waals surface area contributed by atoms with Gasteiger partial charge in [-0.15, -0.1) is 22.7 Å². The van der Waals surface area contributed by atoms with Gasteiger partial charge in [-0.05, 0) is 35.3 Å². The van der Waals surface area contributed by atoms with Crippen LogP contribution in [0, 0.1) is 6.92 Å². The molecular formula is C28H22N5S2+. The van der Waals surface area contributed by atoms with E-state index in [9.17, 15) is 0 Å². The largest absolute Gasteiger partial charge is 0.231 e. The lowest BCUT2D eigenvalue weighted by atomic mass is 9.77. The monoisotopic (exact) mass is 492 g/mol. The summed E-state index contributed by atoms with van der Waals surface area (Å²) >= 11 is 3.41. The van der Waals surface area contributed by atoms with Crippen LogP contribution in [0.3, 0.4) is 0 Å². The fraction of sp³-hybridized carbons (Fsp3) is 0.0714. The maximum absolute atomic E-state index is 4.64. The molecule has 6 rings (SSSR count). The van der Waals surface area contributed by atoms with Crippen molar-refractivity contribution < 1.29 is 4.80 Å².